The maximum absolute atomic E-state index is 12.6. The summed E-state index contributed by atoms with van der Waals surface area (Å²) in [6.07, 6.45) is 1.35. The first-order valence-electron chi connectivity index (χ1n) is 9.87. The van der Waals surface area contributed by atoms with Gasteiger partial charge in [-0.3, -0.25) is 9.59 Å². The molecule has 0 heterocycles. The third-order valence-corrected chi connectivity index (χ3v) is 6.14. The summed E-state index contributed by atoms with van der Waals surface area (Å²) in [6, 6.07) is 17.4. The van der Waals surface area contributed by atoms with Crippen molar-refractivity contribution in [2.45, 2.75) is 6.92 Å². The molecule has 0 unspecified atom stereocenters. The van der Waals surface area contributed by atoms with Gasteiger partial charge in [0, 0.05) is 14.5 Å². The number of amides is 2. The van der Waals surface area contributed by atoms with E-state index >= 15 is 0 Å². The standard InChI is InChI=1S/C24H18Br3N3O4/c1-14-5-4-6-15(9-14)24(33)34-22-16(10-17(25)11-20(22)27)12-29-30-21(31)13-28-23(32)18-7-2-3-8-19(18)26/h2-12H,13H2,1H3,(H,28,32)(H,30,31). The first-order valence-corrected chi connectivity index (χ1v) is 12.2. The van der Waals surface area contributed by atoms with Crippen LogP contribution in [0.5, 0.6) is 5.75 Å². The minimum absolute atomic E-state index is 0.245. The molecule has 2 N–H and O–H groups in total. The lowest BCUT2D eigenvalue weighted by Gasteiger charge is -2.11. The Kier molecular flexibility index (Phi) is 9.14. The quantitative estimate of drug-likeness (QED) is 0.155. The Hall–Kier alpha value is -2.82. The highest BCUT2D eigenvalue weighted by Gasteiger charge is 2.16. The molecule has 34 heavy (non-hydrogen) atoms. The molecule has 0 radical (unpaired) electrons. The van der Waals surface area contributed by atoms with Crippen molar-refractivity contribution in [2.24, 2.45) is 5.10 Å². The van der Waals surface area contributed by atoms with Crippen LogP contribution in [0, 0.1) is 6.92 Å². The van der Waals surface area contributed by atoms with Gasteiger partial charge in [-0.15, -0.1) is 0 Å². The van der Waals surface area contributed by atoms with Crippen LogP contribution in [-0.4, -0.2) is 30.5 Å². The molecule has 3 aromatic carbocycles. The van der Waals surface area contributed by atoms with Crippen molar-refractivity contribution in [3.05, 3.63) is 96.3 Å². The molecule has 0 aliphatic heterocycles. The Bertz CT molecular complexity index is 1280. The number of aryl methyl sites for hydroxylation is 1. The van der Waals surface area contributed by atoms with Crippen molar-refractivity contribution in [2.75, 3.05) is 6.54 Å². The molecule has 0 atom stereocenters. The Morgan fingerprint density at radius 2 is 1.74 bits per heavy atom. The second kappa shape index (κ2) is 12.0. The van der Waals surface area contributed by atoms with Gasteiger partial charge in [0.1, 0.15) is 0 Å². The number of carbonyl (C=O) groups is 3. The van der Waals surface area contributed by atoms with Crippen molar-refractivity contribution in [1.29, 1.82) is 0 Å². The van der Waals surface area contributed by atoms with Gasteiger partial charge in [-0.05, 0) is 75.2 Å². The number of hydrogen-bond acceptors (Lipinski definition) is 5. The number of benzene rings is 3. The Labute approximate surface area is 221 Å². The van der Waals surface area contributed by atoms with Crippen LogP contribution in [0.25, 0.3) is 0 Å². The van der Waals surface area contributed by atoms with Gasteiger partial charge < -0.3 is 10.1 Å². The first kappa shape index (κ1) is 25.8. The second-order valence-electron chi connectivity index (χ2n) is 7.02. The van der Waals surface area contributed by atoms with Crippen LogP contribution in [0.3, 0.4) is 0 Å². The molecular formula is C24H18Br3N3O4. The van der Waals surface area contributed by atoms with Gasteiger partial charge in [-0.25, -0.2) is 10.2 Å². The molecular weight excluding hydrogens is 634 g/mol. The predicted molar refractivity (Wildman–Crippen MR) is 140 cm³/mol. The van der Waals surface area contributed by atoms with Gasteiger partial charge >= 0.3 is 5.97 Å². The molecule has 0 bridgehead atoms. The SMILES string of the molecule is Cc1cccc(C(=O)Oc2c(Br)cc(Br)cc2C=NNC(=O)CNC(=O)c2ccccc2Br)c1. The summed E-state index contributed by atoms with van der Waals surface area (Å²) in [5.41, 5.74) is 4.54. The monoisotopic (exact) mass is 649 g/mol. The molecule has 10 heteroatoms. The number of halogens is 3. The topological polar surface area (TPSA) is 96.9 Å². The normalized spacial score (nSPS) is 10.7. The summed E-state index contributed by atoms with van der Waals surface area (Å²) in [5, 5.41) is 6.46. The van der Waals surface area contributed by atoms with Crippen LogP contribution >= 0.6 is 47.8 Å². The zero-order chi connectivity index (χ0) is 24.7. The molecule has 0 saturated heterocycles. The molecule has 0 spiro atoms. The molecule has 0 aliphatic rings. The van der Waals surface area contributed by atoms with E-state index in [9.17, 15) is 14.4 Å². The van der Waals surface area contributed by atoms with E-state index in [2.05, 4.69) is 63.6 Å². The van der Waals surface area contributed by atoms with E-state index in [4.69, 9.17) is 4.74 Å². The van der Waals surface area contributed by atoms with Crippen LogP contribution in [0.4, 0.5) is 0 Å². The van der Waals surface area contributed by atoms with Gasteiger partial charge in [-0.1, -0.05) is 45.8 Å². The van der Waals surface area contributed by atoms with Crippen LogP contribution in [0.15, 0.2) is 79.2 Å². The van der Waals surface area contributed by atoms with E-state index in [0.717, 1.165) is 5.56 Å². The van der Waals surface area contributed by atoms with E-state index in [1.807, 2.05) is 13.0 Å². The number of esters is 1. The van der Waals surface area contributed by atoms with Gasteiger partial charge in [0.15, 0.2) is 5.75 Å². The maximum atomic E-state index is 12.6. The number of ether oxygens (including phenoxy) is 1. The van der Waals surface area contributed by atoms with Crippen LogP contribution in [-0.2, 0) is 4.79 Å². The molecule has 0 aromatic heterocycles. The summed E-state index contributed by atoms with van der Waals surface area (Å²) in [5.74, 6) is -1.20. The minimum Gasteiger partial charge on any atom is -0.421 e. The van der Waals surface area contributed by atoms with Crippen molar-refractivity contribution < 1.29 is 19.1 Å². The lowest BCUT2D eigenvalue weighted by molar-refractivity contribution is -0.120. The summed E-state index contributed by atoms with van der Waals surface area (Å²) < 4.78 is 7.46. The summed E-state index contributed by atoms with van der Waals surface area (Å²) >= 11 is 10.1. The van der Waals surface area contributed by atoms with Crippen molar-refractivity contribution in [1.82, 2.24) is 10.7 Å². The van der Waals surface area contributed by atoms with Crippen LogP contribution < -0.4 is 15.5 Å². The lowest BCUT2D eigenvalue weighted by atomic mass is 10.1. The predicted octanol–water partition coefficient (Wildman–Crippen LogP) is 5.38. The van der Waals surface area contributed by atoms with Gasteiger partial charge in [0.2, 0.25) is 0 Å². The smallest absolute Gasteiger partial charge is 0.343 e. The second-order valence-corrected chi connectivity index (χ2v) is 9.65. The number of rotatable bonds is 7. The molecule has 0 aliphatic carbocycles. The fourth-order valence-corrected chi connectivity index (χ4v) is 4.63. The molecule has 2 amide bonds. The highest BCUT2D eigenvalue weighted by molar-refractivity contribution is 9.11. The van der Waals surface area contributed by atoms with Crippen molar-refractivity contribution >= 4 is 71.8 Å². The molecule has 3 rings (SSSR count). The molecule has 7 nitrogen and oxygen atoms in total. The fourth-order valence-electron chi connectivity index (χ4n) is 2.82. The third kappa shape index (κ3) is 7.09. The average molecular weight is 652 g/mol. The van der Waals surface area contributed by atoms with Crippen molar-refractivity contribution in [3.8, 4) is 5.75 Å². The Morgan fingerprint density at radius 3 is 2.47 bits per heavy atom. The highest BCUT2D eigenvalue weighted by atomic mass is 79.9. The fraction of sp³-hybridized carbons (Fsp3) is 0.0833. The van der Waals surface area contributed by atoms with E-state index < -0.39 is 17.8 Å². The van der Waals surface area contributed by atoms with E-state index in [1.165, 1.54) is 6.21 Å². The van der Waals surface area contributed by atoms with Gasteiger partial charge in [-0.2, -0.15) is 5.10 Å². The molecule has 174 valence electrons. The number of hydrogen-bond donors (Lipinski definition) is 2. The van der Waals surface area contributed by atoms with Crippen LogP contribution in [0.1, 0.15) is 31.8 Å². The number of nitrogens with one attached hydrogen (secondary N) is 2. The molecule has 0 fully saturated rings. The lowest BCUT2D eigenvalue weighted by Crippen LogP contribution is -2.35. The van der Waals surface area contributed by atoms with Gasteiger partial charge in [0.05, 0.1) is 28.4 Å². The van der Waals surface area contributed by atoms with Crippen LogP contribution in [0.2, 0.25) is 0 Å². The van der Waals surface area contributed by atoms with E-state index in [-0.39, 0.29) is 12.3 Å². The maximum Gasteiger partial charge on any atom is 0.343 e. The Balaban J connectivity index is 1.66. The zero-order valence-electron chi connectivity index (χ0n) is 17.8. The first-order chi connectivity index (χ1) is 16.2. The Morgan fingerprint density at radius 1 is 0.971 bits per heavy atom. The average Bonchev–Trinajstić information content (AvgIpc) is 2.79. The van der Waals surface area contributed by atoms with E-state index in [1.54, 1.807) is 54.6 Å². The number of carbonyl (C=O) groups excluding carboxylic acids is 3. The summed E-state index contributed by atoms with van der Waals surface area (Å²) in [4.78, 5) is 36.9. The molecule has 0 saturated carbocycles. The van der Waals surface area contributed by atoms with Crippen molar-refractivity contribution in [3.63, 3.8) is 0 Å². The summed E-state index contributed by atoms with van der Waals surface area (Å²) in [7, 11) is 0. The minimum atomic E-state index is -0.528. The highest BCUT2D eigenvalue weighted by Crippen LogP contribution is 2.32. The van der Waals surface area contributed by atoms with E-state index in [0.29, 0.717) is 30.1 Å². The largest absolute Gasteiger partial charge is 0.421 e. The third-order valence-electron chi connectivity index (χ3n) is 4.41. The molecule has 3 aromatic rings. The van der Waals surface area contributed by atoms with Gasteiger partial charge in [0.25, 0.3) is 11.8 Å². The zero-order valence-corrected chi connectivity index (χ0v) is 22.5. The number of hydrazone groups is 1. The number of nitrogens with zero attached hydrogens (tertiary/aromatic N) is 1. The summed E-state index contributed by atoms with van der Waals surface area (Å²) in [6.45, 7) is 1.61.